The van der Waals surface area contributed by atoms with Crippen LogP contribution in [0.2, 0.25) is 0 Å². The maximum absolute atomic E-state index is 12.7. The molecule has 0 aromatic carbocycles. The van der Waals surface area contributed by atoms with Gasteiger partial charge >= 0.3 is 5.97 Å². The summed E-state index contributed by atoms with van der Waals surface area (Å²) in [5.74, 6) is -1.37. The summed E-state index contributed by atoms with van der Waals surface area (Å²) in [6.07, 6.45) is 6.23. The zero-order valence-corrected chi connectivity index (χ0v) is 17.4. The molecular weight excluding hydrogens is 400 g/mol. The molecule has 1 aliphatic carbocycles. The molecule has 9 heteroatoms. The summed E-state index contributed by atoms with van der Waals surface area (Å²) in [5, 5.41) is 14.9. The van der Waals surface area contributed by atoms with E-state index in [1.807, 2.05) is 6.07 Å². The summed E-state index contributed by atoms with van der Waals surface area (Å²) in [4.78, 5) is 53.5. The third-order valence-electron chi connectivity index (χ3n) is 6.70. The minimum absolute atomic E-state index is 0.0478. The molecule has 4 rings (SSSR count). The van der Waals surface area contributed by atoms with Gasteiger partial charge in [-0.25, -0.2) is 4.98 Å². The fourth-order valence-corrected chi connectivity index (χ4v) is 4.87. The Labute approximate surface area is 180 Å². The zero-order valence-electron chi connectivity index (χ0n) is 17.4. The van der Waals surface area contributed by atoms with E-state index >= 15 is 0 Å². The second kappa shape index (κ2) is 9.03. The van der Waals surface area contributed by atoms with Crippen molar-refractivity contribution in [2.45, 2.75) is 56.9 Å². The zero-order chi connectivity index (χ0) is 22.0. The smallest absolute Gasteiger partial charge is 0.308 e. The van der Waals surface area contributed by atoms with Crippen molar-refractivity contribution in [3.63, 3.8) is 0 Å². The van der Waals surface area contributed by atoms with E-state index in [2.05, 4.69) is 15.6 Å². The van der Waals surface area contributed by atoms with Crippen molar-refractivity contribution in [1.82, 2.24) is 15.2 Å². The number of nitrogens with one attached hydrogen (secondary N) is 2. The second-order valence-corrected chi connectivity index (χ2v) is 8.78. The molecule has 9 nitrogen and oxygen atoms in total. The van der Waals surface area contributed by atoms with Crippen LogP contribution in [0.3, 0.4) is 0 Å². The number of likely N-dealkylation sites (tertiary alicyclic amines) is 1. The molecule has 1 unspecified atom stereocenters. The predicted octanol–water partition coefficient (Wildman–Crippen LogP) is 1.51. The van der Waals surface area contributed by atoms with Crippen LogP contribution in [-0.2, 0) is 19.2 Å². The largest absolute Gasteiger partial charge is 0.481 e. The molecule has 1 aromatic heterocycles. The van der Waals surface area contributed by atoms with Gasteiger partial charge in [0.2, 0.25) is 17.7 Å². The molecule has 3 N–H and O–H groups in total. The first-order valence-corrected chi connectivity index (χ1v) is 11.0. The lowest BCUT2D eigenvalue weighted by atomic mass is 9.85. The quantitative estimate of drug-likeness (QED) is 0.606. The molecule has 2 saturated heterocycles. The third-order valence-corrected chi connectivity index (χ3v) is 6.70. The van der Waals surface area contributed by atoms with Gasteiger partial charge in [-0.15, -0.1) is 0 Å². The highest BCUT2D eigenvalue weighted by Crippen LogP contribution is 2.31. The second-order valence-electron chi connectivity index (χ2n) is 8.78. The maximum atomic E-state index is 12.7. The van der Waals surface area contributed by atoms with Gasteiger partial charge in [0.25, 0.3) is 0 Å². The molecule has 1 saturated carbocycles. The Kier molecular flexibility index (Phi) is 6.20. The number of pyridine rings is 1. The van der Waals surface area contributed by atoms with Crippen LogP contribution in [0.15, 0.2) is 18.3 Å². The van der Waals surface area contributed by atoms with Gasteiger partial charge in [-0.2, -0.15) is 0 Å². The number of aromatic nitrogens is 1. The molecule has 3 aliphatic rings. The van der Waals surface area contributed by atoms with Gasteiger partial charge in [-0.3, -0.25) is 24.5 Å². The molecule has 3 fully saturated rings. The summed E-state index contributed by atoms with van der Waals surface area (Å²) >= 11 is 0. The standard InChI is InChI=1S/C22H28N4O5/c27-19-6-5-17(20(28)25-19)14-7-9-23-18(11-14)24-16-3-1-13(2-4-16)21(29)26-10-8-15(12-26)22(30)31/h7,9,11,13,15-17H,1-6,8,10,12H2,(H,23,24)(H,30,31)(H,25,27,28)/t13?,15-,16?,17?/m1/s1. The highest BCUT2D eigenvalue weighted by Gasteiger charge is 2.35. The minimum Gasteiger partial charge on any atom is -0.481 e. The summed E-state index contributed by atoms with van der Waals surface area (Å²) in [6.45, 7) is 0.856. The van der Waals surface area contributed by atoms with E-state index in [1.54, 1.807) is 17.2 Å². The average Bonchev–Trinajstić information content (AvgIpc) is 3.25. The van der Waals surface area contributed by atoms with Crippen LogP contribution in [-0.4, -0.2) is 57.8 Å². The number of anilines is 1. The number of carbonyl (C=O) groups excluding carboxylic acids is 3. The monoisotopic (exact) mass is 428 g/mol. The normalized spacial score (nSPS) is 28.8. The van der Waals surface area contributed by atoms with Crippen LogP contribution < -0.4 is 10.6 Å². The molecule has 2 atom stereocenters. The van der Waals surface area contributed by atoms with E-state index in [-0.39, 0.29) is 35.6 Å². The van der Waals surface area contributed by atoms with E-state index in [9.17, 15) is 19.2 Å². The number of carboxylic acid groups (broad SMARTS) is 1. The van der Waals surface area contributed by atoms with Crippen molar-refractivity contribution in [3.05, 3.63) is 23.9 Å². The Bertz CT molecular complexity index is 880. The number of imide groups is 1. The number of carbonyl (C=O) groups is 4. The predicted molar refractivity (Wildman–Crippen MR) is 111 cm³/mol. The Morgan fingerprint density at radius 2 is 1.87 bits per heavy atom. The Morgan fingerprint density at radius 1 is 1.10 bits per heavy atom. The number of rotatable bonds is 5. The number of hydrogen-bond acceptors (Lipinski definition) is 6. The Balaban J connectivity index is 1.29. The van der Waals surface area contributed by atoms with Crippen LogP contribution in [0.4, 0.5) is 5.82 Å². The summed E-state index contributed by atoms with van der Waals surface area (Å²) < 4.78 is 0. The van der Waals surface area contributed by atoms with Crippen molar-refractivity contribution >= 4 is 29.5 Å². The highest BCUT2D eigenvalue weighted by molar-refractivity contribution is 6.01. The number of amides is 3. The molecule has 166 valence electrons. The van der Waals surface area contributed by atoms with Crippen LogP contribution in [0.1, 0.15) is 56.4 Å². The summed E-state index contributed by atoms with van der Waals surface area (Å²) in [7, 11) is 0. The molecule has 0 spiro atoms. The van der Waals surface area contributed by atoms with E-state index in [4.69, 9.17) is 5.11 Å². The maximum Gasteiger partial charge on any atom is 0.308 e. The lowest BCUT2D eigenvalue weighted by Gasteiger charge is -2.31. The molecule has 0 radical (unpaired) electrons. The van der Waals surface area contributed by atoms with Gasteiger partial charge in [0.15, 0.2) is 0 Å². The number of aliphatic carboxylic acids is 1. The van der Waals surface area contributed by atoms with Crippen molar-refractivity contribution in [3.8, 4) is 0 Å². The molecule has 1 aromatic rings. The SMILES string of the molecule is O=C1CCC(c2ccnc(NC3CCC(C(=O)N4CC[C@@H](C(=O)O)C4)CC3)c2)C(=O)N1. The number of piperidine rings is 1. The van der Waals surface area contributed by atoms with E-state index in [1.165, 1.54) is 0 Å². The summed E-state index contributed by atoms with van der Waals surface area (Å²) in [5.41, 5.74) is 0.841. The topological polar surface area (TPSA) is 129 Å². The van der Waals surface area contributed by atoms with Gasteiger partial charge in [-0.05, 0) is 56.2 Å². The van der Waals surface area contributed by atoms with Crippen molar-refractivity contribution in [1.29, 1.82) is 0 Å². The molecule has 0 bridgehead atoms. The van der Waals surface area contributed by atoms with Crippen molar-refractivity contribution < 1.29 is 24.3 Å². The van der Waals surface area contributed by atoms with Crippen LogP contribution in [0.5, 0.6) is 0 Å². The molecular formula is C22H28N4O5. The van der Waals surface area contributed by atoms with E-state index in [0.29, 0.717) is 38.2 Å². The Hall–Kier alpha value is -2.97. The molecule has 31 heavy (non-hydrogen) atoms. The lowest BCUT2D eigenvalue weighted by Crippen LogP contribution is -2.39. The van der Waals surface area contributed by atoms with Gasteiger partial charge in [0.05, 0.1) is 11.8 Å². The number of nitrogens with zero attached hydrogens (tertiary/aromatic N) is 2. The van der Waals surface area contributed by atoms with Crippen molar-refractivity contribution in [2.75, 3.05) is 18.4 Å². The summed E-state index contributed by atoms with van der Waals surface area (Å²) in [6, 6.07) is 3.87. The lowest BCUT2D eigenvalue weighted by molar-refractivity contribution is -0.142. The fraction of sp³-hybridized carbons (Fsp3) is 0.591. The van der Waals surface area contributed by atoms with Gasteiger partial charge in [0, 0.05) is 37.7 Å². The first kappa shape index (κ1) is 21.3. The first-order chi connectivity index (χ1) is 14.9. The molecule has 3 amide bonds. The first-order valence-electron chi connectivity index (χ1n) is 11.0. The van der Waals surface area contributed by atoms with Crippen LogP contribution in [0, 0.1) is 11.8 Å². The van der Waals surface area contributed by atoms with Gasteiger partial charge in [0.1, 0.15) is 5.82 Å². The fourth-order valence-electron chi connectivity index (χ4n) is 4.87. The number of carboxylic acids is 1. The van der Waals surface area contributed by atoms with Crippen LogP contribution in [0.25, 0.3) is 0 Å². The van der Waals surface area contributed by atoms with Gasteiger partial charge in [-0.1, -0.05) is 0 Å². The third kappa shape index (κ3) is 4.86. The van der Waals surface area contributed by atoms with E-state index < -0.39 is 11.9 Å². The Morgan fingerprint density at radius 3 is 2.55 bits per heavy atom. The van der Waals surface area contributed by atoms with Gasteiger partial charge < -0.3 is 15.3 Å². The number of hydrogen-bond donors (Lipinski definition) is 3. The minimum atomic E-state index is -0.824. The molecule has 3 heterocycles. The highest BCUT2D eigenvalue weighted by atomic mass is 16.4. The van der Waals surface area contributed by atoms with E-state index in [0.717, 1.165) is 31.2 Å². The van der Waals surface area contributed by atoms with Crippen LogP contribution >= 0.6 is 0 Å². The van der Waals surface area contributed by atoms with Crippen molar-refractivity contribution in [2.24, 2.45) is 11.8 Å². The average molecular weight is 428 g/mol. The molecule has 2 aliphatic heterocycles.